The van der Waals surface area contributed by atoms with Gasteiger partial charge < -0.3 is 10.4 Å². The number of carbonyl (C=O) groups is 1. The largest absolute Gasteiger partial charge is 0.507 e. The second-order valence-electron chi connectivity index (χ2n) is 6.24. The van der Waals surface area contributed by atoms with Crippen LogP contribution in [-0.4, -0.2) is 32.0 Å². The van der Waals surface area contributed by atoms with Crippen LogP contribution in [0.25, 0.3) is 17.0 Å². The monoisotopic (exact) mass is 388 g/mol. The molecule has 0 fully saturated rings. The third-order valence-electron chi connectivity index (χ3n) is 4.27. The molecule has 2 aromatic heterocycles. The van der Waals surface area contributed by atoms with Gasteiger partial charge in [0, 0.05) is 42.2 Å². The van der Waals surface area contributed by atoms with E-state index in [-0.39, 0.29) is 29.6 Å². The standard InChI is InChI=1S/C22H20N4O3/c1-3-5-19(27)16-6-4-7-17(12-16)20(28)14-24-22-25-18(13-21(29)26(22)2)15-8-10-23-11-9-15/h3-13,27H,1,14H2,2H3,(H,24,25)/b19-5-. The molecule has 29 heavy (non-hydrogen) atoms. The summed E-state index contributed by atoms with van der Waals surface area (Å²) in [7, 11) is 1.58. The molecule has 0 aliphatic carbocycles. The lowest BCUT2D eigenvalue weighted by Crippen LogP contribution is -2.24. The minimum absolute atomic E-state index is 0.0247. The summed E-state index contributed by atoms with van der Waals surface area (Å²) in [6.07, 6.45) is 6.15. The van der Waals surface area contributed by atoms with Crippen LogP contribution in [0.15, 0.2) is 78.4 Å². The molecule has 146 valence electrons. The molecule has 2 heterocycles. The molecular weight excluding hydrogens is 368 g/mol. The Hall–Kier alpha value is -4.00. The zero-order valence-corrected chi connectivity index (χ0v) is 15.9. The van der Waals surface area contributed by atoms with Crippen LogP contribution in [0.1, 0.15) is 15.9 Å². The second kappa shape index (κ2) is 8.79. The van der Waals surface area contributed by atoms with Crippen LogP contribution in [0.2, 0.25) is 0 Å². The molecule has 3 aromatic rings. The predicted octanol–water partition coefficient (Wildman–Crippen LogP) is 3.22. The number of benzene rings is 1. The molecular formula is C22H20N4O3. The molecule has 7 nitrogen and oxygen atoms in total. The first-order valence-electron chi connectivity index (χ1n) is 8.87. The van der Waals surface area contributed by atoms with Gasteiger partial charge in [0.2, 0.25) is 5.95 Å². The summed E-state index contributed by atoms with van der Waals surface area (Å²) in [5.41, 5.74) is 1.94. The first-order chi connectivity index (χ1) is 14.0. The van der Waals surface area contributed by atoms with E-state index < -0.39 is 0 Å². The number of nitrogens with one attached hydrogen (secondary N) is 1. The van der Waals surface area contributed by atoms with Gasteiger partial charge in [-0.15, -0.1) is 0 Å². The molecule has 0 radical (unpaired) electrons. The Labute approximate surface area is 167 Å². The van der Waals surface area contributed by atoms with E-state index in [0.29, 0.717) is 16.8 Å². The van der Waals surface area contributed by atoms with Crippen molar-refractivity contribution in [2.45, 2.75) is 0 Å². The smallest absolute Gasteiger partial charge is 0.255 e. The highest BCUT2D eigenvalue weighted by atomic mass is 16.3. The van der Waals surface area contributed by atoms with Crippen molar-refractivity contribution in [2.24, 2.45) is 7.05 Å². The number of aliphatic hydroxyl groups is 1. The van der Waals surface area contributed by atoms with Crippen molar-refractivity contribution in [3.63, 3.8) is 0 Å². The molecule has 0 unspecified atom stereocenters. The molecule has 7 heteroatoms. The third-order valence-corrected chi connectivity index (χ3v) is 4.27. The molecule has 0 atom stereocenters. The highest BCUT2D eigenvalue weighted by molar-refractivity contribution is 5.99. The van der Waals surface area contributed by atoms with Gasteiger partial charge in [-0.05, 0) is 24.3 Å². The molecule has 3 rings (SSSR count). The lowest BCUT2D eigenvalue weighted by atomic mass is 10.1. The number of pyridine rings is 1. The minimum Gasteiger partial charge on any atom is -0.507 e. The molecule has 0 saturated carbocycles. The number of aromatic nitrogens is 3. The number of carbonyl (C=O) groups excluding carboxylic acids is 1. The number of allylic oxidation sites excluding steroid dienone is 2. The normalized spacial score (nSPS) is 11.1. The maximum absolute atomic E-state index is 12.6. The van der Waals surface area contributed by atoms with Crippen molar-refractivity contribution in [2.75, 3.05) is 11.9 Å². The lowest BCUT2D eigenvalue weighted by Gasteiger charge is -2.11. The number of hydrogen-bond donors (Lipinski definition) is 2. The lowest BCUT2D eigenvalue weighted by molar-refractivity contribution is 0.101. The Morgan fingerprint density at radius 3 is 2.66 bits per heavy atom. The average molecular weight is 388 g/mol. The highest BCUT2D eigenvalue weighted by Gasteiger charge is 2.11. The molecule has 0 saturated heterocycles. The fraction of sp³-hybridized carbons (Fsp3) is 0.0909. The van der Waals surface area contributed by atoms with E-state index in [4.69, 9.17) is 0 Å². The van der Waals surface area contributed by atoms with Gasteiger partial charge in [0.05, 0.1) is 12.2 Å². The first kappa shape index (κ1) is 19.8. The molecule has 0 amide bonds. The van der Waals surface area contributed by atoms with E-state index in [9.17, 15) is 14.7 Å². The van der Waals surface area contributed by atoms with E-state index in [1.807, 2.05) is 0 Å². The van der Waals surface area contributed by atoms with Crippen molar-refractivity contribution >= 4 is 17.5 Å². The van der Waals surface area contributed by atoms with Crippen LogP contribution < -0.4 is 10.9 Å². The minimum atomic E-state index is -0.247. The van der Waals surface area contributed by atoms with Crippen LogP contribution in [-0.2, 0) is 7.05 Å². The van der Waals surface area contributed by atoms with Gasteiger partial charge in [-0.25, -0.2) is 4.98 Å². The Morgan fingerprint density at radius 2 is 1.93 bits per heavy atom. The van der Waals surface area contributed by atoms with E-state index in [2.05, 4.69) is 21.9 Å². The van der Waals surface area contributed by atoms with E-state index in [0.717, 1.165) is 5.56 Å². The Bertz CT molecular complexity index is 1130. The number of anilines is 1. The number of hydrogen-bond acceptors (Lipinski definition) is 6. The van der Waals surface area contributed by atoms with Crippen LogP contribution >= 0.6 is 0 Å². The maximum Gasteiger partial charge on any atom is 0.255 e. The quantitative estimate of drug-likeness (QED) is 0.366. The number of ketones is 1. The molecule has 0 bridgehead atoms. The number of rotatable bonds is 7. The molecule has 2 N–H and O–H groups in total. The summed E-state index contributed by atoms with van der Waals surface area (Å²) < 4.78 is 1.34. The van der Waals surface area contributed by atoms with Crippen LogP contribution in [0, 0.1) is 0 Å². The highest BCUT2D eigenvalue weighted by Crippen LogP contribution is 2.16. The summed E-state index contributed by atoms with van der Waals surface area (Å²) in [5, 5.41) is 12.9. The summed E-state index contributed by atoms with van der Waals surface area (Å²) in [4.78, 5) is 33.3. The van der Waals surface area contributed by atoms with Crippen LogP contribution in [0.5, 0.6) is 0 Å². The molecule has 0 aliphatic rings. The molecule has 1 aromatic carbocycles. The Morgan fingerprint density at radius 1 is 1.21 bits per heavy atom. The summed E-state index contributed by atoms with van der Waals surface area (Å²) in [5.74, 6) is 0.0989. The second-order valence-corrected chi connectivity index (χ2v) is 6.24. The topological polar surface area (TPSA) is 97.1 Å². The fourth-order valence-electron chi connectivity index (χ4n) is 2.69. The predicted molar refractivity (Wildman–Crippen MR) is 113 cm³/mol. The first-order valence-corrected chi connectivity index (χ1v) is 8.87. The van der Waals surface area contributed by atoms with Gasteiger partial charge >= 0.3 is 0 Å². The zero-order chi connectivity index (χ0) is 20.8. The summed E-state index contributed by atoms with van der Waals surface area (Å²) >= 11 is 0. The van der Waals surface area contributed by atoms with Gasteiger partial charge in [-0.1, -0.05) is 30.9 Å². The SMILES string of the molecule is C=C/C=C(\O)c1cccc(C(=O)CNc2nc(-c3ccncc3)cc(=O)n2C)c1. The third kappa shape index (κ3) is 4.65. The Balaban J connectivity index is 1.81. The number of Topliss-reactive ketones (excluding diaryl/α,β-unsaturated/α-hetero) is 1. The average Bonchev–Trinajstić information content (AvgIpc) is 2.75. The van der Waals surface area contributed by atoms with Crippen molar-refractivity contribution < 1.29 is 9.90 Å². The van der Waals surface area contributed by atoms with Crippen molar-refractivity contribution in [3.8, 4) is 11.3 Å². The fourth-order valence-corrected chi connectivity index (χ4v) is 2.69. The van der Waals surface area contributed by atoms with Gasteiger partial charge in [-0.2, -0.15) is 0 Å². The van der Waals surface area contributed by atoms with Gasteiger partial charge in [0.1, 0.15) is 5.76 Å². The van der Waals surface area contributed by atoms with Crippen molar-refractivity contribution in [1.82, 2.24) is 14.5 Å². The van der Waals surface area contributed by atoms with Crippen molar-refractivity contribution in [3.05, 3.63) is 95.1 Å². The maximum atomic E-state index is 12.6. The van der Waals surface area contributed by atoms with Gasteiger partial charge in [0.15, 0.2) is 5.78 Å². The van der Waals surface area contributed by atoms with Crippen molar-refractivity contribution in [1.29, 1.82) is 0 Å². The molecule has 0 aliphatic heterocycles. The zero-order valence-electron chi connectivity index (χ0n) is 15.9. The molecule has 0 spiro atoms. The van der Waals surface area contributed by atoms with Crippen LogP contribution in [0.4, 0.5) is 5.95 Å². The summed E-state index contributed by atoms with van der Waals surface area (Å²) in [6, 6.07) is 11.6. The van der Waals surface area contributed by atoms with E-state index in [1.165, 1.54) is 22.8 Å². The van der Waals surface area contributed by atoms with E-state index in [1.54, 1.807) is 55.8 Å². The number of nitrogens with zero attached hydrogens (tertiary/aromatic N) is 3. The van der Waals surface area contributed by atoms with Gasteiger partial charge in [0.25, 0.3) is 5.56 Å². The van der Waals surface area contributed by atoms with E-state index >= 15 is 0 Å². The van der Waals surface area contributed by atoms with Crippen LogP contribution in [0.3, 0.4) is 0 Å². The number of aliphatic hydroxyl groups excluding tert-OH is 1. The Kier molecular flexibility index (Phi) is 5.99. The van der Waals surface area contributed by atoms with Gasteiger partial charge in [-0.3, -0.25) is 19.1 Å². The summed E-state index contributed by atoms with van der Waals surface area (Å²) in [6.45, 7) is 3.48.